The monoisotopic (exact) mass is 480 g/mol. The van der Waals surface area contributed by atoms with E-state index in [0.29, 0.717) is 16.8 Å². The third-order valence-electron chi connectivity index (χ3n) is 4.96. The molecule has 0 spiro atoms. The number of ether oxygens (including phenoxy) is 1. The van der Waals surface area contributed by atoms with E-state index in [1.807, 2.05) is 0 Å². The minimum atomic E-state index is -0.671. The molecule has 1 aliphatic heterocycles. The molecule has 10 nitrogen and oxygen atoms in total. The molecule has 0 atom stereocenters. The summed E-state index contributed by atoms with van der Waals surface area (Å²) in [5.41, 5.74) is 1.38. The molecule has 0 bridgehead atoms. The van der Waals surface area contributed by atoms with Crippen LogP contribution >= 0.6 is 0 Å². The van der Waals surface area contributed by atoms with Gasteiger partial charge in [-0.05, 0) is 50.6 Å². The van der Waals surface area contributed by atoms with Crippen molar-refractivity contribution >= 4 is 35.4 Å². The zero-order valence-corrected chi connectivity index (χ0v) is 19.8. The topological polar surface area (TPSA) is 134 Å². The molecule has 0 fully saturated rings. The molecule has 2 aromatic rings. The highest BCUT2D eigenvalue weighted by Gasteiger charge is 2.34. The van der Waals surface area contributed by atoms with Crippen molar-refractivity contribution in [3.05, 3.63) is 65.2 Å². The number of anilines is 1. The van der Waals surface area contributed by atoms with Gasteiger partial charge in [0, 0.05) is 25.2 Å². The van der Waals surface area contributed by atoms with Crippen LogP contribution in [0, 0.1) is 0 Å². The average Bonchev–Trinajstić information content (AvgIpc) is 3.04. The lowest BCUT2D eigenvalue weighted by atomic mass is 10.1. The van der Waals surface area contributed by atoms with Crippen LogP contribution in [0.25, 0.3) is 0 Å². The summed E-state index contributed by atoms with van der Waals surface area (Å²) < 4.78 is 5.07. The Kier molecular flexibility index (Phi) is 7.85. The van der Waals surface area contributed by atoms with Gasteiger partial charge in [-0.1, -0.05) is 24.3 Å². The molecule has 0 unspecified atom stereocenters. The van der Waals surface area contributed by atoms with Crippen LogP contribution in [0.1, 0.15) is 53.5 Å². The van der Waals surface area contributed by atoms with Crippen LogP contribution in [-0.4, -0.2) is 53.3 Å². The van der Waals surface area contributed by atoms with Gasteiger partial charge >= 0.3 is 6.09 Å². The highest BCUT2D eigenvalue weighted by Crippen LogP contribution is 2.22. The Morgan fingerprint density at radius 1 is 0.857 bits per heavy atom. The molecule has 2 aromatic carbocycles. The van der Waals surface area contributed by atoms with E-state index in [2.05, 4.69) is 16.0 Å². The van der Waals surface area contributed by atoms with Gasteiger partial charge in [-0.2, -0.15) is 0 Å². The van der Waals surface area contributed by atoms with E-state index in [4.69, 9.17) is 4.74 Å². The fourth-order valence-corrected chi connectivity index (χ4v) is 3.31. The Hall–Kier alpha value is -4.21. The molecule has 5 amide bonds. The maximum absolute atomic E-state index is 12.4. The smallest absolute Gasteiger partial charge is 0.408 e. The number of nitrogens with one attached hydrogen (secondary N) is 3. The summed E-state index contributed by atoms with van der Waals surface area (Å²) in [4.78, 5) is 61.6. The fraction of sp³-hybridized carbons (Fsp3) is 0.320. The fourth-order valence-electron chi connectivity index (χ4n) is 3.31. The first-order valence-corrected chi connectivity index (χ1v) is 11.1. The molecule has 0 saturated carbocycles. The van der Waals surface area contributed by atoms with Crippen molar-refractivity contribution in [2.45, 2.75) is 39.3 Å². The molecule has 0 aliphatic carbocycles. The Balaban J connectivity index is 1.40. The van der Waals surface area contributed by atoms with Crippen LogP contribution in [0.5, 0.6) is 0 Å². The first kappa shape index (κ1) is 25.4. The van der Waals surface area contributed by atoms with Crippen molar-refractivity contribution in [3.63, 3.8) is 0 Å². The zero-order chi connectivity index (χ0) is 25.6. The van der Waals surface area contributed by atoms with Crippen LogP contribution in [0.4, 0.5) is 10.5 Å². The quantitative estimate of drug-likeness (QED) is 0.497. The van der Waals surface area contributed by atoms with Crippen molar-refractivity contribution in [2.75, 3.05) is 18.4 Å². The Bertz CT molecular complexity index is 1100. The number of imide groups is 1. The molecule has 35 heavy (non-hydrogen) atoms. The van der Waals surface area contributed by atoms with Gasteiger partial charge in [0.15, 0.2) is 0 Å². The van der Waals surface area contributed by atoms with E-state index < -0.39 is 23.5 Å². The Labute approximate surface area is 203 Å². The number of amides is 5. The van der Waals surface area contributed by atoms with Crippen molar-refractivity contribution < 1.29 is 28.7 Å². The predicted octanol–water partition coefficient (Wildman–Crippen LogP) is 2.45. The third-order valence-corrected chi connectivity index (χ3v) is 4.96. The number of benzene rings is 2. The van der Waals surface area contributed by atoms with E-state index in [9.17, 15) is 24.0 Å². The summed E-state index contributed by atoms with van der Waals surface area (Å²) in [6.07, 6.45) is -0.704. The molecule has 0 aromatic heterocycles. The number of fused-ring (bicyclic) bond motifs is 1. The number of nitrogens with zero attached hydrogens (tertiary/aromatic N) is 1. The molecule has 184 valence electrons. The summed E-state index contributed by atoms with van der Waals surface area (Å²) in [6.45, 7) is 5.20. The van der Waals surface area contributed by atoms with E-state index in [1.165, 1.54) is 0 Å². The molecule has 3 N–H and O–H groups in total. The molecule has 0 radical (unpaired) electrons. The van der Waals surface area contributed by atoms with Crippen LogP contribution < -0.4 is 16.0 Å². The standard InChI is InChI=1S/C25H28N4O6/c1-25(2,3)35-24(34)27-15-21(31)26-14-16-8-10-17(11-9-16)28-20(30)12-13-29-22(32)18-6-4-5-7-19(18)23(29)33/h4-11H,12-15H2,1-3H3,(H,26,31)(H,27,34)(H,28,30). The average molecular weight is 481 g/mol. The van der Waals surface area contributed by atoms with Crippen LogP contribution in [0.15, 0.2) is 48.5 Å². The second kappa shape index (κ2) is 10.8. The van der Waals surface area contributed by atoms with Gasteiger partial charge in [0.05, 0.1) is 11.1 Å². The number of hydrogen-bond acceptors (Lipinski definition) is 6. The summed E-state index contributed by atoms with van der Waals surface area (Å²) in [7, 11) is 0. The summed E-state index contributed by atoms with van der Waals surface area (Å²) in [6, 6.07) is 13.4. The van der Waals surface area contributed by atoms with Crippen molar-refractivity contribution in [1.29, 1.82) is 0 Å². The second-order valence-corrected chi connectivity index (χ2v) is 8.93. The summed E-state index contributed by atoms with van der Waals surface area (Å²) >= 11 is 0. The number of alkyl carbamates (subject to hydrolysis) is 1. The van der Waals surface area contributed by atoms with Gasteiger partial charge in [-0.3, -0.25) is 24.1 Å². The van der Waals surface area contributed by atoms with E-state index in [0.717, 1.165) is 10.5 Å². The second-order valence-electron chi connectivity index (χ2n) is 8.93. The van der Waals surface area contributed by atoms with Crippen LogP contribution in [0.3, 0.4) is 0 Å². The molecule has 1 heterocycles. The van der Waals surface area contributed by atoms with Crippen molar-refractivity contribution in [2.24, 2.45) is 0 Å². The first-order chi connectivity index (χ1) is 16.5. The highest BCUT2D eigenvalue weighted by molar-refractivity contribution is 6.21. The minimum absolute atomic E-state index is 0.0143. The highest BCUT2D eigenvalue weighted by atomic mass is 16.6. The van der Waals surface area contributed by atoms with E-state index >= 15 is 0 Å². The van der Waals surface area contributed by atoms with Gasteiger partial charge in [0.1, 0.15) is 12.1 Å². The maximum Gasteiger partial charge on any atom is 0.408 e. The van der Waals surface area contributed by atoms with Crippen molar-refractivity contribution in [3.8, 4) is 0 Å². The first-order valence-electron chi connectivity index (χ1n) is 11.1. The van der Waals surface area contributed by atoms with Gasteiger partial charge in [0.2, 0.25) is 11.8 Å². The molecular weight excluding hydrogens is 452 g/mol. The van der Waals surface area contributed by atoms with E-state index in [1.54, 1.807) is 69.3 Å². The van der Waals surface area contributed by atoms with Gasteiger partial charge < -0.3 is 20.7 Å². The summed E-state index contributed by atoms with van der Waals surface area (Å²) in [5, 5.41) is 7.78. The number of rotatable bonds is 8. The SMILES string of the molecule is CC(C)(C)OC(=O)NCC(=O)NCc1ccc(NC(=O)CCN2C(=O)c3ccccc3C2=O)cc1. The summed E-state index contributed by atoms with van der Waals surface area (Å²) in [5.74, 6) is -1.51. The minimum Gasteiger partial charge on any atom is -0.444 e. The number of hydrogen-bond donors (Lipinski definition) is 3. The van der Waals surface area contributed by atoms with Crippen LogP contribution in [0.2, 0.25) is 0 Å². The van der Waals surface area contributed by atoms with Gasteiger partial charge in [-0.15, -0.1) is 0 Å². The lowest BCUT2D eigenvalue weighted by molar-refractivity contribution is -0.120. The zero-order valence-electron chi connectivity index (χ0n) is 19.8. The molecule has 3 rings (SSSR count). The lowest BCUT2D eigenvalue weighted by Gasteiger charge is -2.19. The molecule has 10 heteroatoms. The van der Waals surface area contributed by atoms with E-state index in [-0.39, 0.29) is 37.9 Å². The van der Waals surface area contributed by atoms with Gasteiger partial charge in [-0.25, -0.2) is 4.79 Å². The normalized spacial score (nSPS) is 12.7. The number of carbonyl (C=O) groups excluding carboxylic acids is 5. The number of carbonyl (C=O) groups is 5. The predicted molar refractivity (Wildman–Crippen MR) is 128 cm³/mol. The van der Waals surface area contributed by atoms with Crippen LogP contribution in [-0.2, 0) is 20.9 Å². The third kappa shape index (κ3) is 7.13. The van der Waals surface area contributed by atoms with Crippen molar-refractivity contribution in [1.82, 2.24) is 15.5 Å². The Morgan fingerprint density at radius 3 is 2.03 bits per heavy atom. The maximum atomic E-state index is 12.4. The molecule has 1 aliphatic rings. The largest absolute Gasteiger partial charge is 0.444 e. The molecular formula is C25H28N4O6. The van der Waals surface area contributed by atoms with Gasteiger partial charge in [0.25, 0.3) is 11.8 Å². The Morgan fingerprint density at radius 2 is 1.46 bits per heavy atom. The molecule has 0 saturated heterocycles. The lowest BCUT2D eigenvalue weighted by Crippen LogP contribution is -2.39.